The largest absolute Gasteiger partial charge is 0.383 e. The minimum atomic E-state index is -0.198. The number of amides is 2. The molecule has 0 aliphatic carbocycles. The fourth-order valence-corrected chi connectivity index (χ4v) is 3.16. The summed E-state index contributed by atoms with van der Waals surface area (Å²) in [6, 6.07) is 9.69. The van der Waals surface area contributed by atoms with Crippen LogP contribution in [0.25, 0.3) is 0 Å². The van der Waals surface area contributed by atoms with Crippen LogP contribution in [-0.2, 0) is 16.1 Å². The Morgan fingerprint density at radius 1 is 1.29 bits per heavy atom. The third-order valence-corrected chi connectivity index (χ3v) is 4.56. The summed E-state index contributed by atoms with van der Waals surface area (Å²) in [4.78, 5) is 30.7. The molecule has 1 heterocycles. The van der Waals surface area contributed by atoms with Crippen LogP contribution in [0.5, 0.6) is 0 Å². The standard InChI is InChI=1S/C17H21N3O3S/c1-12-15(16(22)18-9-10-23-3)24-17(19-12)20(13(2)21)11-14-7-5-4-6-8-14/h4-8H,9-11H2,1-3H3,(H,18,22). The summed E-state index contributed by atoms with van der Waals surface area (Å²) in [6.45, 7) is 4.57. The molecule has 2 aromatic rings. The lowest BCUT2D eigenvalue weighted by Crippen LogP contribution is -2.27. The summed E-state index contributed by atoms with van der Waals surface area (Å²) >= 11 is 1.22. The molecule has 6 nitrogen and oxygen atoms in total. The Balaban J connectivity index is 2.18. The SMILES string of the molecule is COCCNC(=O)c1sc(N(Cc2ccccc2)C(C)=O)nc1C. The maximum atomic E-state index is 12.2. The van der Waals surface area contributed by atoms with Crippen molar-refractivity contribution in [2.75, 3.05) is 25.2 Å². The summed E-state index contributed by atoms with van der Waals surface area (Å²) in [5, 5.41) is 3.30. The number of methoxy groups -OCH3 is 1. The number of rotatable bonds is 7. The topological polar surface area (TPSA) is 71.5 Å². The Bertz CT molecular complexity index is 700. The van der Waals surface area contributed by atoms with Crippen molar-refractivity contribution in [2.24, 2.45) is 0 Å². The van der Waals surface area contributed by atoms with Crippen molar-refractivity contribution >= 4 is 28.3 Å². The van der Waals surface area contributed by atoms with Crippen molar-refractivity contribution in [1.82, 2.24) is 10.3 Å². The minimum Gasteiger partial charge on any atom is -0.383 e. The first-order chi connectivity index (χ1) is 11.5. The van der Waals surface area contributed by atoms with Gasteiger partial charge in [-0.25, -0.2) is 4.98 Å². The molecule has 0 bridgehead atoms. The average Bonchev–Trinajstić information content (AvgIpc) is 2.95. The second-order valence-electron chi connectivity index (χ2n) is 5.25. The van der Waals surface area contributed by atoms with Crippen LogP contribution in [-0.4, -0.2) is 37.1 Å². The summed E-state index contributed by atoms with van der Waals surface area (Å²) < 4.78 is 4.92. The first-order valence-electron chi connectivity index (χ1n) is 7.59. The molecule has 0 aliphatic heterocycles. The van der Waals surface area contributed by atoms with Crippen LogP contribution in [0.15, 0.2) is 30.3 Å². The first-order valence-corrected chi connectivity index (χ1v) is 8.41. The fourth-order valence-electron chi connectivity index (χ4n) is 2.13. The molecule has 1 aromatic carbocycles. The van der Waals surface area contributed by atoms with Gasteiger partial charge in [-0.15, -0.1) is 0 Å². The zero-order valence-corrected chi connectivity index (χ0v) is 14.9. The molecular formula is C17H21N3O3S. The van der Waals surface area contributed by atoms with Gasteiger partial charge in [0.05, 0.1) is 18.8 Å². The quantitative estimate of drug-likeness (QED) is 0.781. The second kappa shape index (κ2) is 8.56. The smallest absolute Gasteiger partial charge is 0.263 e. The van der Waals surface area contributed by atoms with Gasteiger partial charge in [0.2, 0.25) is 5.91 Å². The lowest BCUT2D eigenvalue weighted by molar-refractivity contribution is -0.116. The Kier molecular flexibility index (Phi) is 6.45. The van der Waals surface area contributed by atoms with E-state index in [0.717, 1.165) is 5.56 Å². The molecule has 24 heavy (non-hydrogen) atoms. The van der Waals surface area contributed by atoms with Crippen molar-refractivity contribution in [3.8, 4) is 0 Å². The summed E-state index contributed by atoms with van der Waals surface area (Å²) in [6.07, 6.45) is 0. The van der Waals surface area contributed by atoms with Gasteiger partial charge in [0, 0.05) is 20.6 Å². The lowest BCUT2D eigenvalue weighted by atomic mass is 10.2. The summed E-state index contributed by atoms with van der Waals surface area (Å²) in [5.74, 6) is -0.310. The van der Waals surface area contributed by atoms with Gasteiger partial charge >= 0.3 is 0 Å². The molecule has 2 amide bonds. The highest BCUT2D eigenvalue weighted by molar-refractivity contribution is 7.17. The van der Waals surface area contributed by atoms with E-state index in [4.69, 9.17) is 4.74 Å². The van der Waals surface area contributed by atoms with Gasteiger partial charge in [-0.3, -0.25) is 14.5 Å². The van der Waals surface area contributed by atoms with Crippen molar-refractivity contribution in [1.29, 1.82) is 0 Å². The number of benzene rings is 1. The number of hydrogen-bond donors (Lipinski definition) is 1. The molecule has 0 aliphatic rings. The Morgan fingerprint density at radius 3 is 2.62 bits per heavy atom. The first kappa shape index (κ1) is 18.1. The van der Waals surface area contributed by atoms with Gasteiger partial charge in [0.1, 0.15) is 4.88 Å². The average molecular weight is 347 g/mol. The highest BCUT2D eigenvalue weighted by Crippen LogP contribution is 2.27. The van der Waals surface area contributed by atoms with E-state index in [-0.39, 0.29) is 11.8 Å². The van der Waals surface area contributed by atoms with Gasteiger partial charge < -0.3 is 10.1 Å². The predicted molar refractivity (Wildman–Crippen MR) is 94.4 cm³/mol. The number of hydrogen-bond acceptors (Lipinski definition) is 5. The molecule has 0 atom stereocenters. The third kappa shape index (κ3) is 4.62. The van der Waals surface area contributed by atoms with E-state index in [9.17, 15) is 9.59 Å². The number of thiazole rings is 1. The van der Waals surface area contributed by atoms with Crippen LogP contribution >= 0.6 is 11.3 Å². The Labute approximate surface area is 145 Å². The Hall–Kier alpha value is -2.25. The second-order valence-corrected chi connectivity index (χ2v) is 6.23. The highest BCUT2D eigenvalue weighted by Gasteiger charge is 2.21. The van der Waals surface area contributed by atoms with Crippen molar-refractivity contribution in [3.63, 3.8) is 0 Å². The maximum absolute atomic E-state index is 12.2. The van der Waals surface area contributed by atoms with Crippen molar-refractivity contribution in [3.05, 3.63) is 46.5 Å². The molecular weight excluding hydrogens is 326 g/mol. The molecule has 128 valence electrons. The van der Waals surface area contributed by atoms with E-state index in [0.29, 0.717) is 35.4 Å². The number of carbonyl (C=O) groups is 2. The normalized spacial score (nSPS) is 10.5. The highest BCUT2D eigenvalue weighted by atomic mass is 32.1. The van der Waals surface area contributed by atoms with Crippen molar-refractivity contribution in [2.45, 2.75) is 20.4 Å². The van der Waals surface area contributed by atoms with Crippen LogP contribution in [0.4, 0.5) is 5.13 Å². The number of nitrogens with one attached hydrogen (secondary N) is 1. The molecule has 0 spiro atoms. The molecule has 0 fully saturated rings. The van der Waals surface area contributed by atoms with E-state index in [1.165, 1.54) is 18.3 Å². The summed E-state index contributed by atoms with van der Waals surface area (Å²) in [7, 11) is 1.58. The molecule has 0 saturated carbocycles. The minimum absolute atomic E-state index is 0.112. The zero-order chi connectivity index (χ0) is 17.5. The van der Waals surface area contributed by atoms with Crippen LogP contribution < -0.4 is 10.2 Å². The number of anilines is 1. The van der Waals surface area contributed by atoms with Crippen LogP contribution in [0, 0.1) is 6.92 Å². The van der Waals surface area contributed by atoms with E-state index >= 15 is 0 Å². The van der Waals surface area contributed by atoms with Gasteiger partial charge in [0.25, 0.3) is 5.91 Å². The predicted octanol–water partition coefficient (Wildman–Crippen LogP) is 2.38. The molecule has 0 radical (unpaired) electrons. The number of aryl methyl sites for hydroxylation is 1. The third-order valence-electron chi connectivity index (χ3n) is 3.38. The molecule has 1 aromatic heterocycles. The zero-order valence-electron chi connectivity index (χ0n) is 14.0. The maximum Gasteiger partial charge on any atom is 0.263 e. The van der Waals surface area contributed by atoms with E-state index < -0.39 is 0 Å². The molecule has 0 saturated heterocycles. The monoisotopic (exact) mass is 347 g/mol. The molecule has 1 N–H and O–H groups in total. The fraction of sp³-hybridized carbons (Fsp3) is 0.353. The van der Waals surface area contributed by atoms with Gasteiger partial charge in [-0.05, 0) is 12.5 Å². The number of ether oxygens (including phenoxy) is 1. The summed E-state index contributed by atoms with van der Waals surface area (Å²) in [5.41, 5.74) is 1.62. The lowest BCUT2D eigenvalue weighted by Gasteiger charge is -2.17. The van der Waals surface area contributed by atoms with Crippen LogP contribution in [0.1, 0.15) is 27.9 Å². The van der Waals surface area contributed by atoms with E-state index in [1.807, 2.05) is 30.3 Å². The van der Waals surface area contributed by atoms with E-state index in [2.05, 4.69) is 10.3 Å². The Morgan fingerprint density at radius 2 is 2.00 bits per heavy atom. The van der Waals surface area contributed by atoms with Crippen LogP contribution in [0.2, 0.25) is 0 Å². The number of aromatic nitrogens is 1. The molecule has 2 rings (SSSR count). The van der Waals surface area contributed by atoms with E-state index in [1.54, 1.807) is 18.9 Å². The van der Waals surface area contributed by atoms with Gasteiger partial charge in [-0.2, -0.15) is 0 Å². The van der Waals surface area contributed by atoms with Gasteiger partial charge in [-0.1, -0.05) is 41.7 Å². The molecule has 0 unspecified atom stereocenters. The van der Waals surface area contributed by atoms with Gasteiger partial charge in [0.15, 0.2) is 5.13 Å². The number of carbonyl (C=O) groups excluding carboxylic acids is 2. The van der Waals surface area contributed by atoms with Crippen molar-refractivity contribution < 1.29 is 14.3 Å². The van der Waals surface area contributed by atoms with Crippen LogP contribution in [0.3, 0.4) is 0 Å². The number of nitrogens with zero attached hydrogens (tertiary/aromatic N) is 2. The molecule has 7 heteroatoms.